The lowest BCUT2D eigenvalue weighted by molar-refractivity contribution is -0.427. The van der Waals surface area contributed by atoms with Crippen LogP contribution in [0.4, 0.5) is 4.79 Å². The molecule has 1 aliphatic rings. The Morgan fingerprint density at radius 3 is 2.76 bits per heavy atom. The van der Waals surface area contributed by atoms with E-state index in [2.05, 4.69) is 5.48 Å². The first-order chi connectivity index (χ1) is 7.79. The molecule has 0 fully saturated rings. The van der Waals surface area contributed by atoms with Gasteiger partial charge in [-0.25, -0.2) is 10.3 Å². The van der Waals surface area contributed by atoms with Gasteiger partial charge in [-0.2, -0.15) is 0 Å². The van der Waals surface area contributed by atoms with Gasteiger partial charge in [-0.05, 0) is 26.8 Å². The third-order valence-electron chi connectivity index (χ3n) is 1.83. The molecule has 1 N–H and O–H groups in total. The maximum atomic E-state index is 11.6. The van der Waals surface area contributed by atoms with Crippen LogP contribution in [-0.4, -0.2) is 28.0 Å². The molecule has 0 saturated carbocycles. The second kappa shape index (κ2) is 4.96. The van der Waals surface area contributed by atoms with Crippen LogP contribution in [0.15, 0.2) is 24.0 Å². The standard InChI is InChI=1S/C10H15N3O4/c1-10(2,3)17-11-9(14)12-6-4-5-8(7-12)13(15)16/h4-6H,7H2,1-3H3,(H,11,14). The SMILES string of the molecule is CC(C)(C)ONC(=O)N1C=CC=C([N+](=O)[O-])C1. The van der Waals surface area contributed by atoms with Gasteiger partial charge in [0.15, 0.2) is 0 Å². The Labute approximate surface area is 98.8 Å². The van der Waals surface area contributed by atoms with Crippen molar-refractivity contribution in [3.8, 4) is 0 Å². The molecule has 0 spiro atoms. The largest absolute Gasteiger partial charge is 0.345 e. The Morgan fingerprint density at radius 2 is 2.24 bits per heavy atom. The number of carbonyl (C=O) groups is 1. The molecule has 17 heavy (non-hydrogen) atoms. The highest BCUT2D eigenvalue weighted by Gasteiger charge is 2.23. The van der Waals surface area contributed by atoms with Gasteiger partial charge >= 0.3 is 6.03 Å². The van der Waals surface area contributed by atoms with E-state index >= 15 is 0 Å². The van der Waals surface area contributed by atoms with Gasteiger partial charge in [0.1, 0.15) is 6.54 Å². The van der Waals surface area contributed by atoms with Crippen LogP contribution in [0.25, 0.3) is 0 Å². The summed E-state index contributed by atoms with van der Waals surface area (Å²) >= 11 is 0. The minimum atomic E-state index is -0.538. The predicted molar refractivity (Wildman–Crippen MR) is 60.3 cm³/mol. The first-order valence-corrected chi connectivity index (χ1v) is 5.06. The zero-order valence-electron chi connectivity index (χ0n) is 9.97. The van der Waals surface area contributed by atoms with Crippen molar-refractivity contribution in [3.63, 3.8) is 0 Å². The molecular weight excluding hydrogens is 226 g/mol. The van der Waals surface area contributed by atoms with Crippen LogP contribution in [0.2, 0.25) is 0 Å². The van der Waals surface area contributed by atoms with Crippen molar-refractivity contribution in [2.75, 3.05) is 6.54 Å². The molecule has 94 valence electrons. The molecule has 0 saturated heterocycles. The monoisotopic (exact) mass is 241 g/mol. The van der Waals surface area contributed by atoms with E-state index < -0.39 is 16.6 Å². The zero-order valence-corrected chi connectivity index (χ0v) is 9.97. The number of amides is 2. The number of nitrogens with one attached hydrogen (secondary N) is 1. The second-order valence-electron chi connectivity index (χ2n) is 4.51. The first-order valence-electron chi connectivity index (χ1n) is 5.06. The van der Waals surface area contributed by atoms with E-state index in [0.29, 0.717) is 0 Å². The summed E-state index contributed by atoms with van der Waals surface area (Å²) < 4.78 is 0. The summed E-state index contributed by atoms with van der Waals surface area (Å²) in [6, 6.07) is -0.538. The molecule has 0 radical (unpaired) electrons. The Bertz CT molecular complexity index is 382. The quantitative estimate of drug-likeness (QED) is 0.585. The number of hydroxylamine groups is 1. The Balaban J connectivity index is 2.53. The van der Waals surface area contributed by atoms with E-state index in [-0.39, 0.29) is 12.2 Å². The number of hydrogen-bond acceptors (Lipinski definition) is 4. The normalized spacial score (nSPS) is 15.5. The average Bonchev–Trinajstić information content (AvgIpc) is 2.25. The molecule has 0 aromatic heterocycles. The Kier molecular flexibility index (Phi) is 3.84. The smallest absolute Gasteiger partial charge is 0.289 e. The molecule has 1 rings (SSSR count). The van der Waals surface area contributed by atoms with Gasteiger partial charge in [0, 0.05) is 12.3 Å². The van der Waals surface area contributed by atoms with Crippen LogP contribution in [0, 0.1) is 10.1 Å². The van der Waals surface area contributed by atoms with Crippen LogP contribution >= 0.6 is 0 Å². The van der Waals surface area contributed by atoms with Crippen LogP contribution in [0.1, 0.15) is 20.8 Å². The molecule has 1 heterocycles. The van der Waals surface area contributed by atoms with Gasteiger partial charge in [-0.1, -0.05) is 0 Å². The maximum absolute atomic E-state index is 11.6. The molecule has 7 nitrogen and oxygen atoms in total. The van der Waals surface area contributed by atoms with E-state index in [9.17, 15) is 14.9 Å². The number of nitro groups is 1. The van der Waals surface area contributed by atoms with E-state index in [1.807, 2.05) is 0 Å². The third kappa shape index (κ3) is 4.23. The minimum Gasteiger partial charge on any atom is -0.289 e. The van der Waals surface area contributed by atoms with E-state index in [1.54, 1.807) is 20.8 Å². The summed E-state index contributed by atoms with van der Waals surface area (Å²) in [4.78, 5) is 27.9. The predicted octanol–water partition coefficient (Wildman–Crippen LogP) is 1.42. The van der Waals surface area contributed by atoms with Crippen LogP contribution in [0.5, 0.6) is 0 Å². The minimum absolute atomic E-state index is 0.0431. The first kappa shape index (κ1) is 13.2. The second-order valence-corrected chi connectivity index (χ2v) is 4.51. The number of allylic oxidation sites excluding steroid dienone is 2. The topological polar surface area (TPSA) is 84.7 Å². The van der Waals surface area contributed by atoms with Gasteiger partial charge in [-0.15, -0.1) is 0 Å². The van der Waals surface area contributed by atoms with Crippen LogP contribution in [-0.2, 0) is 4.84 Å². The van der Waals surface area contributed by atoms with Crippen molar-refractivity contribution in [2.45, 2.75) is 26.4 Å². The van der Waals surface area contributed by atoms with Crippen molar-refractivity contribution in [3.05, 3.63) is 34.2 Å². The molecule has 0 bridgehead atoms. The number of rotatable bonds is 2. The summed E-state index contributed by atoms with van der Waals surface area (Å²) in [7, 11) is 0. The van der Waals surface area contributed by atoms with E-state index in [4.69, 9.17) is 4.84 Å². The third-order valence-corrected chi connectivity index (χ3v) is 1.83. The van der Waals surface area contributed by atoms with Gasteiger partial charge in [-0.3, -0.25) is 19.9 Å². The Morgan fingerprint density at radius 1 is 1.59 bits per heavy atom. The van der Waals surface area contributed by atoms with Crippen molar-refractivity contribution >= 4 is 6.03 Å². The van der Waals surface area contributed by atoms with Crippen LogP contribution < -0.4 is 5.48 Å². The summed E-state index contributed by atoms with van der Waals surface area (Å²) in [5, 5.41) is 10.6. The lowest BCUT2D eigenvalue weighted by Crippen LogP contribution is -2.42. The van der Waals surface area contributed by atoms with Crippen molar-refractivity contribution in [1.82, 2.24) is 10.4 Å². The zero-order chi connectivity index (χ0) is 13.1. The van der Waals surface area contributed by atoms with Gasteiger partial charge < -0.3 is 0 Å². The van der Waals surface area contributed by atoms with E-state index in [1.165, 1.54) is 23.3 Å². The molecule has 1 aliphatic heterocycles. The van der Waals surface area contributed by atoms with Gasteiger partial charge in [0.05, 0.1) is 10.5 Å². The number of urea groups is 1. The number of carbonyl (C=O) groups excluding carboxylic acids is 1. The lowest BCUT2D eigenvalue weighted by Gasteiger charge is -2.23. The van der Waals surface area contributed by atoms with Crippen LogP contribution in [0.3, 0.4) is 0 Å². The highest BCUT2D eigenvalue weighted by atomic mass is 16.7. The van der Waals surface area contributed by atoms with Crippen molar-refractivity contribution in [2.24, 2.45) is 0 Å². The summed E-state index contributed by atoms with van der Waals surface area (Å²) in [6.45, 7) is 5.26. The Hall–Kier alpha value is -1.89. The maximum Gasteiger partial charge on any atom is 0.345 e. The van der Waals surface area contributed by atoms with Gasteiger partial charge in [0.25, 0.3) is 5.70 Å². The molecule has 0 atom stereocenters. The summed E-state index contributed by atoms with van der Waals surface area (Å²) in [5.74, 6) is 0. The fraction of sp³-hybridized carbons (Fsp3) is 0.500. The molecule has 0 aliphatic carbocycles. The van der Waals surface area contributed by atoms with E-state index in [0.717, 1.165) is 0 Å². The number of hydrogen-bond donors (Lipinski definition) is 1. The summed E-state index contributed by atoms with van der Waals surface area (Å²) in [6.07, 6.45) is 4.25. The van der Waals surface area contributed by atoms with Crippen molar-refractivity contribution in [1.29, 1.82) is 0 Å². The van der Waals surface area contributed by atoms with Gasteiger partial charge in [0.2, 0.25) is 0 Å². The molecule has 7 heteroatoms. The fourth-order valence-corrected chi connectivity index (χ4v) is 1.05. The summed E-state index contributed by atoms with van der Waals surface area (Å²) in [5.41, 5.74) is 1.68. The molecule has 0 aromatic carbocycles. The average molecular weight is 241 g/mol. The highest BCUT2D eigenvalue weighted by Crippen LogP contribution is 2.09. The fourth-order valence-electron chi connectivity index (χ4n) is 1.05. The van der Waals surface area contributed by atoms with Crippen molar-refractivity contribution < 1.29 is 14.6 Å². The molecular formula is C10H15N3O4. The lowest BCUT2D eigenvalue weighted by atomic mass is 10.2. The molecule has 0 unspecified atom stereocenters. The molecule has 2 amide bonds. The molecule has 0 aromatic rings. The highest BCUT2D eigenvalue weighted by molar-refractivity contribution is 5.74. The number of nitrogens with zero attached hydrogens (tertiary/aromatic N) is 2.